The number of Topliss-reactive ketones (excluding diaryl/α,β-unsaturated/α-hetero) is 1. The number of ketones is 1. The van der Waals surface area contributed by atoms with Crippen LogP contribution in [0.1, 0.15) is 36.3 Å². The summed E-state index contributed by atoms with van der Waals surface area (Å²) in [6, 6.07) is 4.87. The fraction of sp³-hybridized carbons (Fsp3) is 0.308. The number of ether oxygens (including phenoxy) is 1. The van der Waals surface area contributed by atoms with Gasteiger partial charge in [-0.05, 0) is 24.6 Å². The van der Waals surface area contributed by atoms with E-state index in [0.717, 1.165) is 6.42 Å². The lowest BCUT2D eigenvalue weighted by atomic mass is 10.2. The van der Waals surface area contributed by atoms with Crippen molar-refractivity contribution in [2.75, 3.05) is 0 Å². The van der Waals surface area contributed by atoms with E-state index >= 15 is 0 Å². The highest BCUT2D eigenvalue weighted by Crippen LogP contribution is 2.28. The average Bonchev–Trinajstić information content (AvgIpc) is 2.87. The van der Waals surface area contributed by atoms with E-state index in [-0.39, 0.29) is 24.1 Å². The molecule has 0 atom stereocenters. The first kappa shape index (κ1) is 14.8. The molecule has 0 aliphatic heterocycles. The van der Waals surface area contributed by atoms with Crippen molar-refractivity contribution in [2.24, 2.45) is 0 Å². The van der Waals surface area contributed by atoms with Gasteiger partial charge in [0, 0.05) is 11.4 Å². The van der Waals surface area contributed by atoms with Crippen LogP contribution < -0.4 is 4.74 Å². The Hall–Kier alpha value is -1.59. The van der Waals surface area contributed by atoms with Crippen molar-refractivity contribution in [1.82, 2.24) is 10.1 Å². The molecule has 0 spiro atoms. The highest BCUT2D eigenvalue weighted by Gasteiger charge is 2.14. The second-order valence-corrected chi connectivity index (χ2v) is 4.89. The van der Waals surface area contributed by atoms with Crippen LogP contribution in [0.5, 0.6) is 5.75 Å². The van der Waals surface area contributed by atoms with Gasteiger partial charge in [-0.2, -0.15) is 4.98 Å². The molecule has 20 heavy (non-hydrogen) atoms. The molecular formula is C13H12Cl2N2O3. The van der Waals surface area contributed by atoms with Gasteiger partial charge in [-0.3, -0.25) is 4.79 Å². The summed E-state index contributed by atoms with van der Waals surface area (Å²) in [5.74, 6) is 0.603. The summed E-state index contributed by atoms with van der Waals surface area (Å²) in [5.41, 5.74) is 0. The van der Waals surface area contributed by atoms with Crippen LogP contribution in [-0.2, 0) is 6.61 Å². The molecule has 7 heteroatoms. The number of rotatable bonds is 6. The first-order valence-corrected chi connectivity index (χ1v) is 6.79. The predicted octanol–water partition coefficient (Wildman–Crippen LogP) is 3.94. The van der Waals surface area contributed by atoms with Crippen molar-refractivity contribution >= 4 is 29.0 Å². The molecule has 1 aromatic heterocycles. The van der Waals surface area contributed by atoms with E-state index in [2.05, 4.69) is 10.1 Å². The molecule has 0 saturated heterocycles. The number of benzene rings is 1. The summed E-state index contributed by atoms with van der Waals surface area (Å²) in [6.45, 7) is 1.94. The van der Waals surface area contributed by atoms with Crippen LogP contribution in [0.2, 0.25) is 10.0 Å². The van der Waals surface area contributed by atoms with E-state index in [1.165, 1.54) is 0 Å². The smallest absolute Gasteiger partial charge is 0.264 e. The minimum atomic E-state index is -0.146. The molecule has 1 heterocycles. The third kappa shape index (κ3) is 3.71. The van der Waals surface area contributed by atoms with E-state index in [9.17, 15) is 4.79 Å². The second-order valence-electron chi connectivity index (χ2n) is 4.05. The summed E-state index contributed by atoms with van der Waals surface area (Å²) in [6.07, 6.45) is 1.13. The maximum Gasteiger partial charge on any atom is 0.264 e. The molecule has 0 bridgehead atoms. The molecular weight excluding hydrogens is 303 g/mol. The quantitative estimate of drug-likeness (QED) is 0.755. The normalized spacial score (nSPS) is 10.6. The third-order valence-electron chi connectivity index (χ3n) is 2.44. The Kier molecular flexibility index (Phi) is 4.98. The van der Waals surface area contributed by atoms with Crippen LogP contribution in [-0.4, -0.2) is 15.9 Å². The Bertz CT molecular complexity index is 613. The maximum atomic E-state index is 11.6. The van der Waals surface area contributed by atoms with Gasteiger partial charge in [0.05, 0.1) is 5.02 Å². The maximum absolute atomic E-state index is 11.6. The van der Waals surface area contributed by atoms with Gasteiger partial charge in [-0.1, -0.05) is 35.3 Å². The summed E-state index contributed by atoms with van der Waals surface area (Å²) < 4.78 is 10.4. The van der Waals surface area contributed by atoms with E-state index in [0.29, 0.717) is 22.2 Å². The Labute approximate surface area is 125 Å². The molecule has 2 rings (SSSR count). The molecule has 0 saturated carbocycles. The molecule has 5 nitrogen and oxygen atoms in total. The van der Waals surface area contributed by atoms with Gasteiger partial charge < -0.3 is 9.26 Å². The van der Waals surface area contributed by atoms with Crippen molar-refractivity contribution < 1.29 is 14.1 Å². The number of nitrogens with zero attached hydrogens (tertiary/aromatic N) is 2. The number of hydrogen-bond donors (Lipinski definition) is 0. The van der Waals surface area contributed by atoms with Crippen molar-refractivity contribution in [1.29, 1.82) is 0 Å². The number of carbonyl (C=O) groups excluding carboxylic acids is 1. The van der Waals surface area contributed by atoms with E-state index in [1.807, 2.05) is 6.92 Å². The van der Waals surface area contributed by atoms with Gasteiger partial charge in [0.25, 0.3) is 5.89 Å². The molecule has 0 aliphatic rings. The molecule has 1 aromatic carbocycles. The average molecular weight is 315 g/mol. The van der Waals surface area contributed by atoms with Gasteiger partial charge in [-0.25, -0.2) is 0 Å². The monoisotopic (exact) mass is 314 g/mol. The van der Waals surface area contributed by atoms with Crippen LogP contribution in [0.4, 0.5) is 0 Å². The molecule has 0 unspecified atom stereocenters. The SMILES string of the molecule is CCCC(=O)c1noc(COc2ccc(Cl)cc2Cl)n1. The minimum Gasteiger partial charge on any atom is -0.482 e. The van der Waals surface area contributed by atoms with Crippen molar-refractivity contribution in [3.63, 3.8) is 0 Å². The predicted molar refractivity (Wildman–Crippen MR) is 74.3 cm³/mol. The molecule has 0 amide bonds. The van der Waals surface area contributed by atoms with Gasteiger partial charge in [0.2, 0.25) is 11.6 Å². The molecule has 0 radical (unpaired) electrons. The lowest BCUT2D eigenvalue weighted by Gasteiger charge is -2.05. The van der Waals surface area contributed by atoms with Gasteiger partial charge in [0.15, 0.2) is 6.61 Å². The zero-order valence-corrected chi connectivity index (χ0v) is 12.2. The summed E-state index contributed by atoms with van der Waals surface area (Å²) in [5, 5.41) is 4.52. The standard InChI is InChI=1S/C13H12Cl2N2O3/c1-2-3-10(18)13-16-12(20-17-13)7-19-11-5-4-8(14)6-9(11)15/h4-6H,2-3,7H2,1H3. The van der Waals surface area contributed by atoms with Crippen LogP contribution in [0, 0.1) is 0 Å². The first-order chi connectivity index (χ1) is 9.60. The first-order valence-electron chi connectivity index (χ1n) is 6.03. The van der Waals surface area contributed by atoms with Crippen LogP contribution in [0.3, 0.4) is 0 Å². The van der Waals surface area contributed by atoms with Crippen LogP contribution in [0.25, 0.3) is 0 Å². The number of halogens is 2. The Morgan fingerprint density at radius 3 is 2.90 bits per heavy atom. The third-order valence-corrected chi connectivity index (χ3v) is 2.97. The van der Waals surface area contributed by atoms with Crippen molar-refractivity contribution in [3.8, 4) is 5.75 Å². The fourth-order valence-corrected chi connectivity index (χ4v) is 1.96. The molecule has 106 valence electrons. The Morgan fingerprint density at radius 1 is 1.40 bits per heavy atom. The van der Waals surface area contributed by atoms with Crippen LogP contribution >= 0.6 is 23.2 Å². The zero-order chi connectivity index (χ0) is 14.5. The number of aromatic nitrogens is 2. The molecule has 0 fully saturated rings. The summed E-state index contributed by atoms with van der Waals surface area (Å²) in [7, 11) is 0. The van der Waals surface area contributed by atoms with Crippen molar-refractivity contribution in [3.05, 3.63) is 40.0 Å². The van der Waals surface area contributed by atoms with Gasteiger partial charge in [0.1, 0.15) is 5.75 Å². The fourth-order valence-electron chi connectivity index (χ4n) is 1.50. The summed E-state index contributed by atoms with van der Waals surface area (Å²) in [4.78, 5) is 15.5. The van der Waals surface area contributed by atoms with E-state index < -0.39 is 0 Å². The minimum absolute atomic E-state index is 0.0355. The second kappa shape index (κ2) is 6.72. The number of carbonyl (C=O) groups is 1. The van der Waals surface area contributed by atoms with Gasteiger partial charge >= 0.3 is 0 Å². The van der Waals surface area contributed by atoms with Gasteiger partial charge in [-0.15, -0.1) is 0 Å². The number of hydrogen-bond acceptors (Lipinski definition) is 5. The summed E-state index contributed by atoms with van der Waals surface area (Å²) >= 11 is 11.7. The van der Waals surface area contributed by atoms with Crippen LogP contribution in [0.15, 0.2) is 22.7 Å². The van der Waals surface area contributed by atoms with E-state index in [1.54, 1.807) is 18.2 Å². The largest absolute Gasteiger partial charge is 0.482 e. The van der Waals surface area contributed by atoms with E-state index in [4.69, 9.17) is 32.5 Å². The zero-order valence-electron chi connectivity index (χ0n) is 10.7. The lowest BCUT2D eigenvalue weighted by molar-refractivity contribution is 0.0968. The highest BCUT2D eigenvalue weighted by molar-refractivity contribution is 6.35. The highest BCUT2D eigenvalue weighted by atomic mass is 35.5. The molecule has 2 aromatic rings. The molecule has 0 aliphatic carbocycles. The van der Waals surface area contributed by atoms with Crippen molar-refractivity contribution in [2.45, 2.75) is 26.4 Å². The lowest BCUT2D eigenvalue weighted by Crippen LogP contribution is -2.02. The topological polar surface area (TPSA) is 65.2 Å². The molecule has 0 N–H and O–H groups in total. The Morgan fingerprint density at radius 2 is 2.20 bits per heavy atom. The Balaban J connectivity index is 1.99.